The van der Waals surface area contributed by atoms with E-state index in [1.165, 1.54) is 18.2 Å². The van der Waals surface area contributed by atoms with Gasteiger partial charge in [-0.15, -0.1) is 0 Å². The van der Waals surface area contributed by atoms with Crippen LogP contribution in [0.1, 0.15) is 11.1 Å². The number of halogens is 2. The smallest absolute Gasteiger partial charge is 0.258 e. The first-order chi connectivity index (χ1) is 10.0. The van der Waals surface area contributed by atoms with Gasteiger partial charge in [-0.2, -0.15) is 5.26 Å². The molecule has 2 aromatic rings. The van der Waals surface area contributed by atoms with E-state index in [0.717, 1.165) is 0 Å². The predicted molar refractivity (Wildman–Crippen MR) is 83.0 cm³/mol. The summed E-state index contributed by atoms with van der Waals surface area (Å²) in [5, 5.41) is 21.0. The summed E-state index contributed by atoms with van der Waals surface area (Å²) in [5.74, 6) is 0. The molecule has 0 heterocycles. The highest BCUT2D eigenvalue weighted by molar-refractivity contribution is 6.42. The van der Waals surface area contributed by atoms with E-state index in [4.69, 9.17) is 23.2 Å². The number of nitrogens with zero attached hydrogens (tertiary/aromatic N) is 2. The van der Waals surface area contributed by atoms with Gasteiger partial charge in [0.1, 0.15) is 6.07 Å². The van der Waals surface area contributed by atoms with Crippen molar-refractivity contribution in [1.29, 1.82) is 5.26 Å². The third-order valence-electron chi connectivity index (χ3n) is 2.77. The van der Waals surface area contributed by atoms with Crippen molar-refractivity contribution in [2.75, 3.05) is 0 Å². The van der Waals surface area contributed by atoms with Crippen LogP contribution in [0.4, 0.5) is 5.69 Å². The highest BCUT2D eigenvalue weighted by Crippen LogP contribution is 2.29. The molecule has 0 saturated heterocycles. The Labute approximate surface area is 131 Å². The molecule has 0 aliphatic rings. The van der Waals surface area contributed by atoms with Crippen LogP contribution in [0.2, 0.25) is 10.0 Å². The van der Waals surface area contributed by atoms with Crippen LogP contribution in [-0.2, 0) is 0 Å². The van der Waals surface area contributed by atoms with Crippen molar-refractivity contribution < 1.29 is 4.92 Å². The number of nitriles is 1. The SMILES string of the molecule is N#C/C(=C/c1ccc(Cl)c(Cl)c1)c1ccccc1[N+](=O)[O-]. The molecule has 104 valence electrons. The fourth-order valence-corrected chi connectivity index (χ4v) is 2.11. The zero-order valence-corrected chi connectivity index (χ0v) is 12.1. The van der Waals surface area contributed by atoms with E-state index >= 15 is 0 Å². The fraction of sp³-hybridized carbons (Fsp3) is 0. The number of nitro groups is 1. The normalized spacial score (nSPS) is 11.0. The van der Waals surface area contributed by atoms with Gasteiger partial charge in [-0.3, -0.25) is 10.1 Å². The van der Waals surface area contributed by atoms with Crippen molar-refractivity contribution in [2.45, 2.75) is 0 Å². The Balaban J connectivity index is 2.54. The molecule has 0 spiro atoms. The second kappa shape index (κ2) is 6.40. The Bertz CT molecular complexity index is 779. The van der Waals surface area contributed by atoms with E-state index in [-0.39, 0.29) is 16.8 Å². The number of nitro benzene ring substituents is 1. The minimum absolute atomic E-state index is 0.120. The molecule has 2 aromatic carbocycles. The lowest BCUT2D eigenvalue weighted by molar-refractivity contribution is -0.385. The van der Waals surface area contributed by atoms with Crippen LogP contribution in [0.3, 0.4) is 0 Å². The van der Waals surface area contributed by atoms with Gasteiger partial charge in [0, 0.05) is 6.07 Å². The third-order valence-corrected chi connectivity index (χ3v) is 3.51. The second-order valence-electron chi connectivity index (χ2n) is 4.12. The molecule has 0 aliphatic carbocycles. The molecule has 0 N–H and O–H groups in total. The Kier molecular flexibility index (Phi) is 4.59. The van der Waals surface area contributed by atoms with Crippen molar-refractivity contribution in [1.82, 2.24) is 0 Å². The van der Waals surface area contributed by atoms with Crippen LogP contribution in [0.25, 0.3) is 11.6 Å². The molecule has 2 rings (SSSR count). The minimum Gasteiger partial charge on any atom is -0.258 e. The summed E-state index contributed by atoms with van der Waals surface area (Å²) in [5.41, 5.74) is 0.959. The number of hydrogen-bond donors (Lipinski definition) is 0. The zero-order chi connectivity index (χ0) is 15.4. The van der Waals surface area contributed by atoms with Gasteiger partial charge in [0.25, 0.3) is 5.69 Å². The third kappa shape index (κ3) is 3.40. The lowest BCUT2D eigenvalue weighted by atomic mass is 10.0. The quantitative estimate of drug-likeness (QED) is 0.347. The number of allylic oxidation sites excluding steroid dienone is 1. The second-order valence-corrected chi connectivity index (χ2v) is 4.93. The maximum Gasteiger partial charge on any atom is 0.277 e. The highest BCUT2D eigenvalue weighted by Gasteiger charge is 2.16. The Morgan fingerprint density at radius 3 is 2.52 bits per heavy atom. The summed E-state index contributed by atoms with van der Waals surface area (Å²) < 4.78 is 0. The van der Waals surface area contributed by atoms with Crippen LogP contribution < -0.4 is 0 Å². The van der Waals surface area contributed by atoms with Gasteiger partial charge in [0.15, 0.2) is 0 Å². The summed E-state index contributed by atoms with van der Waals surface area (Å²) in [4.78, 5) is 10.5. The first kappa shape index (κ1) is 15.0. The average Bonchev–Trinajstić information content (AvgIpc) is 2.48. The number of rotatable bonds is 3. The Morgan fingerprint density at radius 1 is 1.19 bits per heavy atom. The molecule has 0 bridgehead atoms. The molecule has 21 heavy (non-hydrogen) atoms. The molecular weight excluding hydrogens is 311 g/mol. The summed E-state index contributed by atoms with van der Waals surface area (Å²) in [6.07, 6.45) is 1.53. The van der Waals surface area contributed by atoms with Gasteiger partial charge >= 0.3 is 0 Å². The number of para-hydroxylation sites is 1. The van der Waals surface area contributed by atoms with E-state index in [1.807, 2.05) is 6.07 Å². The van der Waals surface area contributed by atoms with Crippen molar-refractivity contribution in [3.05, 3.63) is 73.8 Å². The largest absolute Gasteiger partial charge is 0.277 e. The van der Waals surface area contributed by atoms with E-state index in [0.29, 0.717) is 15.6 Å². The van der Waals surface area contributed by atoms with Gasteiger partial charge < -0.3 is 0 Å². The van der Waals surface area contributed by atoms with Crippen LogP contribution >= 0.6 is 23.2 Å². The standard InChI is InChI=1S/C15H8Cl2N2O2/c16-13-6-5-10(8-14(13)17)7-11(9-18)12-3-1-2-4-15(12)19(20)21/h1-8H/b11-7-. The topological polar surface area (TPSA) is 66.9 Å². The van der Waals surface area contributed by atoms with Gasteiger partial charge in [-0.25, -0.2) is 0 Å². The summed E-state index contributed by atoms with van der Waals surface area (Å²) in [6, 6.07) is 12.9. The zero-order valence-electron chi connectivity index (χ0n) is 10.6. The van der Waals surface area contributed by atoms with Crippen LogP contribution in [0, 0.1) is 21.4 Å². The lowest BCUT2D eigenvalue weighted by Crippen LogP contribution is -1.93. The average molecular weight is 319 g/mol. The van der Waals surface area contributed by atoms with E-state index in [2.05, 4.69) is 0 Å². The molecule has 0 radical (unpaired) electrons. The molecule has 0 atom stereocenters. The summed E-state index contributed by atoms with van der Waals surface area (Å²) >= 11 is 11.7. The Morgan fingerprint density at radius 2 is 1.90 bits per heavy atom. The molecule has 0 unspecified atom stereocenters. The van der Waals surface area contributed by atoms with E-state index in [1.54, 1.807) is 30.3 Å². The molecule has 0 aromatic heterocycles. The molecule has 0 fully saturated rings. The summed E-state index contributed by atoms with van der Waals surface area (Å²) in [6.45, 7) is 0. The molecular formula is C15H8Cl2N2O2. The molecule has 0 amide bonds. The molecule has 0 aliphatic heterocycles. The van der Waals surface area contributed by atoms with Crippen molar-refractivity contribution in [3.8, 4) is 6.07 Å². The van der Waals surface area contributed by atoms with Gasteiger partial charge in [0.05, 0.1) is 26.1 Å². The number of hydrogen-bond acceptors (Lipinski definition) is 3. The van der Waals surface area contributed by atoms with E-state index < -0.39 is 4.92 Å². The molecule has 6 heteroatoms. The first-order valence-corrected chi connectivity index (χ1v) is 6.59. The molecule has 0 saturated carbocycles. The minimum atomic E-state index is -0.518. The summed E-state index contributed by atoms with van der Waals surface area (Å²) in [7, 11) is 0. The van der Waals surface area contributed by atoms with Gasteiger partial charge in [-0.1, -0.05) is 41.4 Å². The van der Waals surface area contributed by atoms with Gasteiger partial charge in [-0.05, 0) is 29.8 Å². The van der Waals surface area contributed by atoms with Crippen molar-refractivity contribution in [2.24, 2.45) is 0 Å². The van der Waals surface area contributed by atoms with Crippen LogP contribution in [-0.4, -0.2) is 4.92 Å². The van der Waals surface area contributed by atoms with Crippen LogP contribution in [0.5, 0.6) is 0 Å². The fourth-order valence-electron chi connectivity index (χ4n) is 1.80. The van der Waals surface area contributed by atoms with Crippen LogP contribution in [0.15, 0.2) is 42.5 Å². The monoisotopic (exact) mass is 318 g/mol. The van der Waals surface area contributed by atoms with Crippen molar-refractivity contribution >= 4 is 40.5 Å². The first-order valence-electron chi connectivity index (χ1n) is 5.83. The maximum atomic E-state index is 11.0. The number of benzene rings is 2. The van der Waals surface area contributed by atoms with Crippen molar-refractivity contribution in [3.63, 3.8) is 0 Å². The predicted octanol–water partition coefficient (Wildman–Crippen LogP) is 4.97. The Hall–Kier alpha value is -2.35. The molecule has 4 nitrogen and oxygen atoms in total. The highest BCUT2D eigenvalue weighted by atomic mass is 35.5. The van der Waals surface area contributed by atoms with E-state index in [9.17, 15) is 15.4 Å². The van der Waals surface area contributed by atoms with Gasteiger partial charge in [0.2, 0.25) is 0 Å². The lowest BCUT2D eigenvalue weighted by Gasteiger charge is -2.02. The maximum absolute atomic E-state index is 11.0.